The predicted octanol–water partition coefficient (Wildman–Crippen LogP) is 4.82. The first kappa shape index (κ1) is 26.5. The molecular weight excluding hydrogens is 482 g/mol. The standard InChI is InChI=1S/C27H32F2N4O4/c1-17(2)16-33-22-14-20(25(34)31-27(3,26(35)36)8-11-32-9-4-5-10-32)24(12-18(22)15-30-33)37-23-7-6-19(28)13-21(23)29/h6-7,12-15,17H,4-5,8-11,16H2,1-3H3,(H,31,34)(H,35,36). The van der Waals surface area contributed by atoms with Crippen molar-refractivity contribution in [2.75, 3.05) is 19.6 Å². The molecule has 2 heterocycles. The number of hydrogen-bond donors (Lipinski definition) is 2. The zero-order valence-corrected chi connectivity index (χ0v) is 21.3. The average molecular weight is 515 g/mol. The zero-order valence-electron chi connectivity index (χ0n) is 21.3. The molecule has 2 N–H and O–H groups in total. The number of benzene rings is 2. The van der Waals surface area contributed by atoms with Crippen molar-refractivity contribution in [1.29, 1.82) is 0 Å². The summed E-state index contributed by atoms with van der Waals surface area (Å²) >= 11 is 0. The van der Waals surface area contributed by atoms with E-state index in [2.05, 4.69) is 15.3 Å². The molecule has 1 atom stereocenters. The summed E-state index contributed by atoms with van der Waals surface area (Å²) in [5.41, 5.74) is -0.860. The quantitative estimate of drug-likeness (QED) is 0.403. The Morgan fingerprint density at radius 3 is 2.54 bits per heavy atom. The van der Waals surface area contributed by atoms with Crippen LogP contribution in [0.15, 0.2) is 36.5 Å². The zero-order chi connectivity index (χ0) is 26.7. The van der Waals surface area contributed by atoms with E-state index in [0.29, 0.717) is 30.1 Å². The molecule has 8 nitrogen and oxygen atoms in total. The number of aromatic nitrogens is 2. The van der Waals surface area contributed by atoms with Crippen LogP contribution in [0, 0.1) is 17.6 Å². The molecule has 1 fully saturated rings. The molecule has 4 rings (SSSR count). The Kier molecular flexibility index (Phi) is 7.77. The number of amides is 1. The molecule has 0 spiro atoms. The van der Waals surface area contributed by atoms with E-state index in [4.69, 9.17) is 4.74 Å². The SMILES string of the molecule is CC(C)Cn1ncc2cc(Oc3ccc(F)cc3F)c(C(=O)NC(C)(CCN3CCCC3)C(=O)O)cc21. The number of carboxylic acids is 1. The van der Waals surface area contributed by atoms with Crippen molar-refractivity contribution in [3.63, 3.8) is 0 Å². The van der Waals surface area contributed by atoms with Gasteiger partial charge in [0.15, 0.2) is 11.6 Å². The van der Waals surface area contributed by atoms with E-state index in [9.17, 15) is 23.5 Å². The van der Waals surface area contributed by atoms with Crippen LogP contribution in [0.1, 0.15) is 50.4 Å². The lowest BCUT2D eigenvalue weighted by molar-refractivity contribution is -0.144. The van der Waals surface area contributed by atoms with Crippen LogP contribution in [0.5, 0.6) is 11.5 Å². The van der Waals surface area contributed by atoms with Gasteiger partial charge in [-0.3, -0.25) is 9.48 Å². The Morgan fingerprint density at radius 2 is 1.89 bits per heavy atom. The second-order valence-corrected chi connectivity index (χ2v) is 10.2. The van der Waals surface area contributed by atoms with Crippen LogP contribution in [0.3, 0.4) is 0 Å². The van der Waals surface area contributed by atoms with Crippen LogP contribution in [-0.4, -0.2) is 56.8 Å². The minimum atomic E-state index is -1.54. The Labute approximate surface area is 214 Å². The van der Waals surface area contributed by atoms with Crippen LogP contribution >= 0.6 is 0 Å². The molecular formula is C27H32F2N4O4. The van der Waals surface area contributed by atoms with E-state index in [1.54, 1.807) is 23.0 Å². The van der Waals surface area contributed by atoms with Gasteiger partial charge in [-0.2, -0.15) is 5.10 Å². The lowest BCUT2D eigenvalue weighted by Crippen LogP contribution is -2.53. The van der Waals surface area contributed by atoms with Gasteiger partial charge in [-0.25, -0.2) is 13.6 Å². The fraction of sp³-hybridized carbons (Fsp3) is 0.444. The third kappa shape index (κ3) is 6.07. The van der Waals surface area contributed by atoms with Gasteiger partial charge in [0, 0.05) is 24.5 Å². The van der Waals surface area contributed by atoms with Gasteiger partial charge in [-0.1, -0.05) is 13.8 Å². The van der Waals surface area contributed by atoms with E-state index in [1.807, 2.05) is 13.8 Å². The molecule has 1 saturated heterocycles. The highest BCUT2D eigenvalue weighted by Gasteiger charge is 2.36. The molecule has 37 heavy (non-hydrogen) atoms. The summed E-state index contributed by atoms with van der Waals surface area (Å²) in [7, 11) is 0. The average Bonchev–Trinajstić information content (AvgIpc) is 3.48. The number of fused-ring (bicyclic) bond motifs is 1. The van der Waals surface area contributed by atoms with Crippen molar-refractivity contribution >= 4 is 22.8 Å². The molecule has 3 aromatic rings. The second-order valence-electron chi connectivity index (χ2n) is 10.2. The van der Waals surface area contributed by atoms with Gasteiger partial charge in [-0.15, -0.1) is 0 Å². The summed E-state index contributed by atoms with van der Waals surface area (Å²) < 4.78 is 35.3. The molecule has 1 aliphatic rings. The number of carbonyl (C=O) groups is 2. The second kappa shape index (κ2) is 10.8. The van der Waals surface area contributed by atoms with Gasteiger partial charge in [0.1, 0.15) is 17.1 Å². The van der Waals surface area contributed by atoms with Gasteiger partial charge in [0.05, 0.1) is 17.3 Å². The van der Waals surface area contributed by atoms with E-state index >= 15 is 0 Å². The van der Waals surface area contributed by atoms with Gasteiger partial charge in [0.25, 0.3) is 5.91 Å². The Hall–Kier alpha value is -3.53. The first-order valence-electron chi connectivity index (χ1n) is 12.5. The van der Waals surface area contributed by atoms with Crippen LogP contribution in [0.2, 0.25) is 0 Å². The third-order valence-corrected chi connectivity index (χ3v) is 6.63. The fourth-order valence-electron chi connectivity index (χ4n) is 4.46. The van der Waals surface area contributed by atoms with Crippen LogP contribution in [0.25, 0.3) is 10.9 Å². The molecule has 1 unspecified atom stereocenters. The number of ether oxygens (including phenoxy) is 1. The molecule has 2 aromatic carbocycles. The van der Waals surface area contributed by atoms with Crippen molar-refractivity contribution in [2.45, 2.75) is 52.1 Å². The Morgan fingerprint density at radius 1 is 1.16 bits per heavy atom. The molecule has 0 radical (unpaired) electrons. The lowest BCUT2D eigenvalue weighted by Gasteiger charge is -2.29. The summed E-state index contributed by atoms with van der Waals surface area (Å²) in [6.07, 6.45) is 3.97. The first-order chi connectivity index (χ1) is 17.6. The van der Waals surface area contributed by atoms with Crippen molar-refractivity contribution in [3.05, 3.63) is 53.7 Å². The lowest BCUT2D eigenvalue weighted by atomic mass is 9.96. The van der Waals surface area contributed by atoms with Crippen molar-refractivity contribution in [1.82, 2.24) is 20.0 Å². The predicted molar refractivity (Wildman–Crippen MR) is 135 cm³/mol. The summed E-state index contributed by atoms with van der Waals surface area (Å²) in [4.78, 5) is 28.0. The molecule has 1 aliphatic heterocycles. The van der Waals surface area contributed by atoms with E-state index in [-0.39, 0.29) is 29.4 Å². The van der Waals surface area contributed by atoms with Crippen molar-refractivity contribution < 1.29 is 28.2 Å². The highest BCUT2D eigenvalue weighted by molar-refractivity contribution is 6.03. The van der Waals surface area contributed by atoms with Crippen LogP contribution in [-0.2, 0) is 11.3 Å². The molecule has 0 bridgehead atoms. The number of aliphatic carboxylic acids is 1. The van der Waals surface area contributed by atoms with Crippen molar-refractivity contribution in [2.24, 2.45) is 5.92 Å². The number of hydrogen-bond acceptors (Lipinski definition) is 5. The maximum atomic E-state index is 14.4. The van der Waals surface area contributed by atoms with E-state index < -0.39 is 29.0 Å². The minimum Gasteiger partial charge on any atom is -0.480 e. The number of nitrogens with one attached hydrogen (secondary N) is 1. The highest BCUT2D eigenvalue weighted by Crippen LogP contribution is 2.32. The van der Waals surface area contributed by atoms with Crippen LogP contribution in [0.4, 0.5) is 8.78 Å². The van der Waals surface area contributed by atoms with Gasteiger partial charge in [0.2, 0.25) is 0 Å². The summed E-state index contributed by atoms with van der Waals surface area (Å²) in [6.45, 7) is 8.49. The molecule has 198 valence electrons. The first-order valence-corrected chi connectivity index (χ1v) is 12.5. The highest BCUT2D eigenvalue weighted by atomic mass is 19.1. The van der Waals surface area contributed by atoms with Gasteiger partial charge < -0.3 is 20.1 Å². The molecule has 1 amide bonds. The normalized spacial score (nSPS) is 15.7. The summed E-state index contributed by atoms with van der Waals surface area (Å²) in [5, 5.41) is 17.7. The number of carbonyl (C=O) groups excluding carboxylic acids is 1. The Bertz CT molecular complexity index is 1300. The fourth-order valence-corrected chi connectivity index (χ4v) is 4.46. The van der Waals surface area contributed by atoms with Gasteiger partial charge in [-0.05, 0) is 69.5 Å². The smallest absolute Gasteiger partial charge is 0.329 e. The summed E-state index contributed by atoms with van der Waals surface area (Å²) in [5.74, 6) is -3.50. The monoisotopic (exact) mass is 514 g/mol. The molecule has 0 aliphatic carbocycles. The minimum absolute atomic E-state index is 0.00638. The number of rotatable bonds is 10. The number of likely N-dealkylation sites (tertiary alicyclic amines) is 1. The molecule has 10 heteroatoms. The Balaban J connectivity index is 1.70. The topological polar surface area (TPSA) is 96.7 Å². The number of halogens is 2. The number of carboxylic acid groups (broad SMARTS) is 1. The molecule has 1 aromatic heterocycles. The third-order valence-electron chi connectivity index (χ3n) is 6.63. The van der Waals surface area contributed by atoms with Crippen LogP contribution < -0.4 is 10.1 Å². The van der Waals surface area contributed by atoms with Crippen molar-refractivity contribution in [3.8, 4) is 11.5 Å². The van der Waals surface area contributed by atoms with E-state index in [1.165, 1.54) is 6.92 Å². The summed E-state index contributed by atoms with van der Waals surface area (Å²) in [6, 6.07) is 6.00. The van der Waals surface area contributed by atoms with Gasteiger partial charge >= 0.3 is 5.97 Å². The largest absolute Gasteiger partial charge is 0.480 e. The maximum Gasteiger partial charge on any atom is 0.329 e. The molecule has 0 saturated carbocycles. The maximum absolute atomic E-state index is 14.4. The number of nitrogens with zero attached hydrogens (tertiary/aromatic N) is 3. The van der Waals surface area contributed by atoms with E-state index in [0.717, 1.165) is 38.1 Å².